The van der Waals surface area contributed by atoms with Crippen molar-refractivity contribution in [3.63, 3.8) is 0 Å². The summed E-state index contributed by atoms with van der Waals surface area (Å²) in [5.41, 5.74) is 3.17. The maximum Gasteiger partial charge on any atom is 0.322 e. The van der Waals surface area contributed by atoms with Gasteiger partial charge in [-0.3, -0.25) is 9.69 Å². The molecule has 2 saturated heterocycles. The van der Waals surface area contributed by atoms with Crippen LogP contribution in [0.4, 0.5) is 10.5 Å². The normalized spacial score (nSPS) is 19.6. The molecule has 2 fully saturated rings. The van der Waals surface area contributed by atoms with E-state index in [-0.39, 0.29) is 18.0 Å². The Bertz CT molecular complexity index is 917. The third-order valence-corrected chi connectivity index (χ3v) is 5.80. The number of carbonyl (C=O) groups is 2. The second-order valence-corrected chi connectivity index (χ2v) is 7.48. The van der Waals surface area contributed by atoms with Crippen LogP contribution in [-0.4, -0.2) is 49.6 Å². The van der Waals surface area contributed by atoms with Gasteiger partial charge in [0.15, 0.2) is 0 Å². The van der Waals surface area contributed by atoms with Gasteiger partial charge >= 0.3 is 6.03 Å². The van der Waals surface area contributed by atoms with E-state index in [1.54, 1.807) is 4.90 Å². The molecule has 0 spiro atoms. The summed E-state index contributed by atoms with van der Waals surface area (Å²) in [6.45, 7) is 5.11. The van der Waals surface area contributed by atoms with Crippen molar-refractivity contribution in [3.8, 4) is 0 Å². The van der Waals surface area contributed by atoms with Gasteiger partial charge < -0.3 is 15.5 Å². The number of piperazine rings is 1. The van der Waals surface area contributed by atoms with Gasteiger partial charge in [0.1, 0.15) is 0 Å². The third kappa shape index (κ3) is 3.34. The molecule has 0 aliphatic carbocycles. The fraction of sp³-hybridized carbons (Fsp3) is 0.333. The van der Waals surface area contributed by atoms with Gasteiger partial charge in [0.05, 0.1) is 6.04 Å². The second-order valence-electron chi connectivity index (χ2n) is 7.07. The summed E-state index contributed by atoms with van der Waals surface area (Å²) in [4.78, 5) is 29.2. The van der Waals surface area contributed by atoms with E-state index >= 15 is 0 Å². The fourth-order valence-corrected chi connectivity index (χ4v) is 4.24. The maximum absolute atomic E-state index is 13.5. The van der Waals surface area contributed by atoms with Gasteiger partial charge in [0.2, 0.25) is 0 Å². The Labute approximate surface area is 169 Å². The first kappa shape index (κ1) is 18.8. The minimum absolute atomic E-state index is 0.0367. The van der Waals surface area contributed by atoms with E-state index in [9.17, 15) is 9.59 Å². The summed E-state index contributed by atoms with van der Waals surface area (Å²) < 4.78 is 0. The highest BCUT2D eigenvalue weighted by Crippen LogP contribution is 2.32. The molecule has 0 radical (unpaired) electrons. The molecule has 1 atom stereocenters. The Morgan fingerprint density at radius 2 is 1.93 bits per heavy atom. The summed E-state index contributed by atoms with van der Waals surface area (Å²) in [7, 11) is 0. The molecule has 2 heterocycles. The molecule has 0 saturated carbocycles. The molecule has 0 bridgehead atoms. The quantitative estimate of drug-likeness (QED) is 0.835. The highest BCUT2D eigenvalue weighted by atomic mass is 35.5. The topological polar surface area (TPSA) is 64.7 Å². The summed E-state index contributed by atoms with van der Waals surface area (Å²) in [5.74, 6) is -0.0367. The van der Waals surface area contributed by atoms with Crippen molar-refractivity contribution in [1.29, 1.82) is 0 Å². The van der Waals surface area contributed by atoms with E-state index in [2.05, 4.69) is 10.6 Å². The van der Waals surface area contributed by atoms with Crippen molar-refractivity contribution in [2.24, 2.45) is 0 Å². The lowest BCUT2D eigenvalue weighted by atomic mass is 9.99. The monoisotopic (exact) mass is 398 g/mol. The number of halogens is 1. The number of nitrogens with zero attached hydrogens (tertiary/aromatic N) is 2. The highest BCUT2D eigenvalue weighted by molar-refractivity contribution is 6.31. The van der Waals surface area contributed by atoms with Crippen LogP contribution in [0.1, 0.15) is 27.5 Å². The first-order valence-corrected chi connectivity index (χ1v) is 9.87. The lowest BCUT2D eigenvalue weighted by molar-refractivity contribution is 0.0633. The van der Waals surface area contributed by atoms with Gasteiger partial charge in [-0.25, -0.2) is 4.79 Å². The molecule has 3 amide bonds. The van der Waals surface area contributed by atoms with E-state index in [1.807, 2.05) is 54.3 Å². The van der Waals surface area contributed by atoms with Crippen LogP contribution in [0.5, 0.6) is 0 Å². The minimum atomic E-state index is -0.131. The molecular formula is C21H23ClN4O2. The van der Waals surface area contributed by atoms with Gasteiger partial charge in [-0.15, -0.1) is 0 Å². The number of urea groups is 1. The highest BCUT2D eigenvalue weighted by Gasteiger charge is 2.32. The van der Waals surface area contributed by atoms with Crippen LogP contribution in [0.15, 0.2) is 42.5 Å². The second kappa shape index (κ2) is 7.81. The van der Waals surface area contributed by atoms with Crippen molar-refractivity contribution in [1.82, 2.24) is 15.5 Å². The molecule has 7 heteroatoms. The van der Waals surface area contributed by atoms with E-state index in [4.69, 9.17) is 11.6 Å². The fourth-order valence-electron chi connectivity index (χ4n) is 3.97. The molecular weight excluding hydrogens is 376 g/mol. The number of hydrogen-bond acceptors (Lipinski definition) is 3. The van der Waals surface area contributed by atoms with Crippen LogP contribution in [0.25, 0.3) is 0 Å². The summed E-state index contributed by atoms with van der Waals surface area (Å²) >= 11 is 6.42. The first-order chi connectivity index (χ1) is 13.6. The predicted molar refractivity (Wildman–Crippen MR) is 110 cm³/mol. The van der Waals surface area contributed by atoms with Gasteiger partial charge in [-0.1, -0.05) is 35.9 Å². The molecule has 2 aliphatic heterocycles. The molecule has 2 aromatic carbocycles. The number of carbonyl (C=O) groups excluding carboxylic acids is 2. The lowest BCUT2D eigenvalue weighted by Gasteiger charge is -2.37. The smallest absolute Gasteiger partial charge is 0.322 e. The number of rotatable bonds is 3. The summed E-state index contributed by atoms with van der Waals surface area (Å²) in [6.07, 6.45) is 0. The Morgan fingerprint density at radius 1 is 1.11 bits per heavy atom. The molecule has 28 heavy (non-hydrogen) atoms. The van der Waals surface area contributed by atoms with Crippen molar-refractivity contribution in [2.45, 2.75) is 13.0 Å². The van der Waals surface area contributed by atoms with E-state index in [0.717, 1.165) is 23.4 Å². The number of anilines is 1. The van der Waals surface area contributed by atoms with E-state index < -0.39 is 0 Å². The zero-order valence-corrected chi connectivity index (χ0v) is 16.5. The maximum atomic E-state index is 13.5. The Balaban J connectivity index is 1.68. The molecule has 2 aliphatic rings. The van der Waals surface area contributed by atoms with E-state index in [1.165, 1.54) is 0 Å². The Hall–Kier alpha value is -2.57. The Kier molecular flexibility index (Phi) is 5.24. The largest absolute Gasteiger partial charge is 0.336 e. The lowest BCUT2D eigenvalue weighted by Crippen LogP contribution is -2.49. The van der Waals surface area contributed by atoms with Gasteiger partial charge in [-0.2, -0.15) is 0 Å². The zero-order chi connectivity index (χ0) is 19.7. The van der Waals surface area contributed by atoms with Crippen LogP contribution in [0.3, 0.4) is 0 Å². The van der Waals surface area contributed by atoms with Gasteiger partial charge in [0, 0.05) is 49.0 Å². The van der Waals surface area contributed by atoms with Crippen LogP contribution in [0, 0.1) is 6.92 Å². The van der Waals surface area contributed by atoms with Crippen molar-refractivity contribution >= 4 is 29.2 Å². The molecule has 6 nitrogen and oxygen atoms in total. The summed E-state index contributed by atoms with van der Waals surface area (Å²) in [5, 5.41) is 6.83. The minimum Gasteiger partial charge on any atom is -0.336 e. The van der Waals surface area contributed by atoms with Crippen molar-refractivity contribution in [3.05, 3.63) is 64.2 Å². The average molecular weight is 399 g/mol. The zero-order valence-electron chi connectivity index (χ0n) is 15.7. The van der Waals surface area contributed by atoms with Crippen LogP contribution in [-0.2, 0) is 0 Å². The first-order valence-electron chi connectivity index (χ1n) is 9.49. The molecule has 1 unspecified atom stereocenters. The van der Waals surface area contributed by atoms with Crippen molar-refractivity contribution in [2.75, 3.05) is 37.6 Å². The van der Waals surface area contributed by atoms with Crippen LogP contribution < -0.4 is 15.5 Å². The molecule has 4 rings (SSSR count). The molecule has 0 aromatic heterocycles. The number of amides is 3. The number of benzene rings is 2. The van der Waals surface area contributed by atoms with E-state index in [0.29, 0.717) is 36.8 Å². The molecule has 146 valence electrons. The SMILES string of the molecule is Cc1c(C(=O)N2CCNCC2c2ccccc2Cl)cccc1N1CCNC1=O. The average Bonchev–Trinajstić information content (AvgIpc) is 3.14. The third-order valence-electron chi connectivity index (χ3n) is 5.45. The van der Waals surface area contributed by atoms with Crippen LogP contribution in [0.2, 0.25) is 5.02 Å². The van der Waals surface area contributed by atoms with Gasteiger partial charge in [0.25, 0.3) is 5.91 Å². The predicted octanol–water partition coefficient (Wildman–Crippen LogP) is 2.96. The number of nitrogens with one attached hydrogen (secondary N) is 2. The summed E-state index contributed by atoms with van der Waals surface area (Å²) in [6, 6.07) is 13.0. The number of hydrogen-bond donors (Lipinski definition) is 2. The van der Waals surface area contributed by atoms with Crippen molar-refractivity contribution < 1.29 is 9.59 Å². The molecule has 2 aromatic rings. The van der Waals surface area contributed by atoms with Gasteiger partial charge in [-0.05, 0) is 36.2 Å². The molecule has 2 N–H and O–H groups in total. The Morgan fingerprint density at radius 3 is 2.68 bits per heavy atom. The van der Waals surface area contributed by atoms with Crippen LogP contribution >= 0.6 is 11.6 Å². The standard InChI is InChI=1S/C21H23ClN4O2/c1-14-15(6-4-8-18(14)26-12-10-24-21(26)28)20(27)25-11-9-23-13-19(25)16-5-2-3-7-17(16)22/h2-8,19,23H,9-13H2,1H3,(H,24,28).